The summed E-state index contributed by atoms with van der Waals surface area (Å²) in [4.78, 5) is 38.9. The van der Waals surface area contributed by atoms with Crippen LogP contribution in [0.4, 0.5) is 10.5 Å². The molecule has 1 fully saturated rings. The van der Waals surface area contributed by atoms with Crippen LogP contribution in [0, 0.1) is 0 Å². The molecule has 3 amide bonds. The lowest BCUT2D eigenvalue weighted by molar-refractivity contribution is -0.127. The Morgan fingerprint density at radius 1 is 0.971 bits per heavy atom. The smallest absolute Gasteiger partial charge is 0.294 e. The van der Waals surface area contributed by atoms with E-state index in [0.717, 1.165) is 22.2 Å². The van der Waals surface area contributed by atoms with E-state index in [1.165, 1.54) is 7.11 Å². The Morgan fingerprint density at radius 3 is 2.38 bits per heavy atom. The molecule has 172 valence electrons. The summed E-state index contributed by atoms with van der Waals surface area (Å²) >= 11 is 0.784. The maximum Gasteiger partial charge on any atom is 0.294 e. The molecule has 3 aromatic carbocycles. The molecule has 0 bridgehead atoms. The van der Waals surface area contributed by atoms with Crippen LogP contribution >= 0.6 is 11.8 Å². The van der Waals surface area contributed by atoms with Gasteiger partial charge >= 0.3 is 0 Å². The van der Waals surface area contributed by atoms with Gasteiger partial charge in [-0.2, -0.15) is 0 Å². The number of anilines is 1. The topological polar surface area (TPSA) is 84.9 Å². The number of nitrogens with zero attached hydrogens (tertiary/aromatic N) is 1. The molecular weight excluding hydrogens is 452 g/mol. The third-order valence-electron chi connectivity index (χ3n) is 4.97. The fourth-order valence-corrected chi connectivity index (χ4v) is 4.16. The quantitative estimate of drug-likeness (QED) is 0.465. The SMILES string of the molecule is COc1cccc(/C=C2\SC(=O)N(CC(=O)Nc3ccccc3)C2=O)c1OCc1ccccc1. The highest BCUT2D eigenvalue weighted by Crippen LogP contribution is 2.37. The number of para-hydroxylation sites is 2. The third kappa shape index (κ3) is 5.47. The van der Waals surface area contributed by atoms with E-state index in [-0.39, 0.29) is 11.4 Å². The second kappa shape index (κ2) is 10.7. The van der Waals surface area contributed by atoms with Crippen molar-refractivity contribution in [3.8, 4) is 11.5 Å². The van der Waals surface area contributed by atoms with E-state index >= 15 is 0 Å². The van der Waals surface area contributed by atoms with Gasteiger partial charge in [0.2, 0.25) is 5.91 Å². The van der Waals surface area contributed by atoms with Crippen molar-refractivity contribution in [3.05, 3.63) is 94.9 Å². The molecule has 4 rings (SSSR count). The van der Waals surface area contributed by atoms with Crippen LogP contribution in [-0.2, 0) is 16.2 Å². The number of rotatable bonds is 8. The summed E-state index contributed by atoms with van der Waals surface area (Å²) in [7, 11) is 1.54. The maximum atomic E-state index is 12.9. The number of nitrogens with one attached hydrogen (secondary N) is 1. The molecule has 0 aromatic heterocycles. The zero-order valence-corrected chi connectivity index (χ0v) is 19.2. The number of hydrogen-bond acceptors (Lipinski definition) is 6. The summed E-state index contributed by atoms with van der Waals surface area (Å²) < 4.78 is 11.5. The van der Waals surface area contributed by atoms with Gasteiger partial charge in [0.25, 0.3) is 11.1 Å². The predicted octanol–water partition coefficient (Wildman–Crippen LogP) is 4.95. The first kappa shape index (κ1) is 23.1. The average molecular weight is 475 g/mol. The molecule has 0 aliphatic carbocycles. The van der Waals surface area contributed by atoms with Gasteiger partial charge in [0, 0.05) is 11.3 Å². The molecule has 1 N–H and O–H groups in total. The predicted molar refractivity (Wildman–Crippen MR) is 132 cm³/mol. The van der Waals surface area contributed by atoms with Crippen LogP contribution in [0.2, 0.25) is 0 Å². The number of amides is 3. The Bertz CT molecular complexity index is 1230. The normalized spacial score (nSPS) is 14.4. The molecule has 0 saturated carbocycles. The highest BCUT2D eigenvalue weighted by molar-refractivity contribution is 8.18. The van der Waals surface area contributed by atoms with Gasteiger partial charge in [-0.15, -0.1) is 0 Å². The molecule has 0 radical (unpaired) electrons. The average Bonchev–Trinajstić information content (AvgIpc) is 3.11. The van der Waals surface area contributed by atoms with Crippen molar-refractivity contribution in [2.24, 2.45) is 0 Å². The van der Waals surface area contributed by atoms with E-state index in [1.54, 1.807) is 48.5 Å². The van der Waals surface area contributed by atoms with Gasteiger partial charge in [-0.3, -0.25) is 19.3 Å². The van der Waals surface area contributed by atoms with Crippen LogP contribution < -0.4 is 14.8 Å². The van der Waals surface area contributed by atoms with Crippen molar-refractivity contribution in [3.63, 3.8) is 0 Å². The Kier molecular flexibility index (Phi) is 7.29. The molecule has 1 aliphatic rings. The minimum Gasteiger partial charge on any atom is -0.493 e. The molecular formula is C26H22N2O5S. The highest BCUT2D eigenvalue weighted by Gasteiger charge is 2.36. The molecule has 34 heavy (non-hydrogen) atoms. The molecule has 0 unspecified atom stereocenters. The van der Waals surface area contributed by atoms with Crippen molar-refractivity contribution in [2.75, 3.05) is 19.0 Å². The van der Waals surface area contributed by atoms with Crippen molar-refractivity contribution in [2.45, 2.75) is 6.61 Å². The molecule has 0 spiro atoms. The minimum absolute atomic E-state index is 0.204. The van der Waals surface area contributed by atoms with Crippen LogP contribution in [0.1, 0.15) is 11.1 Å². The van der Waals surface area contributed by atoms with Crippen LogP contribution in [0.3, 0.4) is 0 Å². The fraction of sp³-hybridized carbons (Fsp3) is 0.115. The molecule has 1 heterocycles. The van der Waals surface area contributed by atoms with Crippen molar-refractivity contribution in [1.29, 1.82) is 0 Å². The van der Waals surface area contributed by atoms with Crippen molar-refractivity contribution in [1.82, 2.24) is 4.90 Å². The van der Waals surface area contributed by atoms with E-state index in [0.29, 0.717) is 29.4 Å². The van der Waals surface area contributed by atoms with E-state index in [9.17, 15) is 14.4 Å². The summed E-state index contributed by atoms with van der Waals surface area (Å²) in [5, 5.41) is 2.18. The first-order chi connectivity index (χ1) is 16.5. The minimum atomic E-state index is -0.532. The van der Waals surface area contributed by atoms with Gasteiger partial charge in [0.05, 0.1) is 12.0 Å². The van der Waals surface area contributed by atoms with Crippen molar-refractivity contribution < 1.29 is 23.9 Å². The number of benzene rings is 3. The van der Waals surface area contributed by atoms with E-state index in [1.807, 2.05) is 36.4 Å². The van der Waals surface area contributed by atoms with Crippen LogP contribution in [0.5, 0.6) is 11.5 Å². The number of hydrogen-bond donors (Lipinski definition) is 1. The lowest BCUT2D eigenvalue weighted by atomic mass is 10.1. The second-order valence-electron chi connectivity index (χ2n) is 7.33. The highest BCUT2D eigenvalue weighted by atomic mass is 32.2. The number of methoxy groups -OCH3 is 1. The van der Waals surface area contributed by atoms with Gasteiger partial charge in [0.15, 0.2) is 11.5 Å². The van der Waals surface area contributed by atoms with Gasteiger partial charge in [-0.25, -0.2) is 0 Å². The molecule has 0 atom stereocenters. The lowest BCUT2D eigenvalue weighted by Gasteiger charge is -2.14. The van der Waals surface area contributed by atoms with E-state index in [4.69, 9.17) is 9.47 Å². The summed E-state index contributed by atoms with van der Waals surface area (Å²) in [6.45, 7) is -0.0600. The Hall–Kier alpha value is -4.04. The molecule has 8 heteroatoms. The zero-order valence-electron chi connectivity index (χ0n) is 18.4. The largest absolute Gasteiger partial charge is 0.493 e. The van der Waals surface area contributed by atoms with Gasteiger partial charge < -0.3 is 14.8 Å². The Balaban J connectivity index is 1.51. The summed E-state index contributed by atoms with van der Waals surface area (Å²) in [6, 6.07) is 23.8. The number of carbonyl (C=O) groups excluding carboxylic acids is 3. The summed E-state index contributed by atoms with van der Waals surface area (Å²) in [5.74, 6) is -0.0216. The molecule has 3 aromatic rings. The molecule has 1 saturated heterocycles. The third-order valence-corrected chi connectivity index (χ3v) is 5.88. The first-order valence-electron chi connectivity index (χ1n) is 10.5. The van der Waals surface area contributed by atoms with Gasteiger partial charge in [0.1, 0.15) is 13.2 Å². The first-order valence-corrected chi connectivity index (χ1v) is 11.3. The van der Waals surface area contributed by atoms with Crippen LogP contribution in [0.15, 0.2) is 83.8 Å². The molecule has 7 nitrogen and oxygen atoms in total. The number of ether oxygens (including phenoxy) is 2. The second-order valence-corrected chi connectivity index (χ2v) is 8.33. The fourth-order valence-electron chi connectivity index (χ4n) is 3.33. The lowest BCUT2D eigenvalue weighted by Crippen LogP contribution is -2.36. The van der Waals surface area contributed by atoms with E-state index < -0.39 is 17.1 Å². The van der Waals surface area contributed by atoms with Crippen LogP contribution in [0.25, 0.3) is 6.08 Å². The van der Waals surface area contributed by atoms with Gasteiger partial charge in [-0.05, 0) is 41.6 Å². The van der Waals surface area contributed by atoms with E-state index in [2.05, 4.69) is 5.32 Å². The Morgan fingerprint density at radius 2 is 1.68 bits per heavy atom. The van der Waals surface area contributed by atoms with Gasteiger partial charge in [-0.1, -0.05) is 60.7 Å². The standard InChI is InChI=1S/C26H22N2O5S/c1-32-21-14-8-11-19(24(21)33-17-18-9-4-2-5-10-18)15-22-25(30)28(26(31)34-22)16-23(29)27-20-12-6-3-7-13-20/h2-15H,16-17H2,1H3,(H,27,29)/b22-15-. The van der Waals surface area contributed by atoms with Crippen LogP contribution in [-0.4, -0.2) is 35.6 Å². The molecule has 1 aliphatic heterocycles. The number of carbonyl (C=O) groups is 3. The maximum absolute atomic E-state index is 12.9. The summed E-state index contributed by atoms with van der Waals surface area (Å²) in [5.41, 5.74) is 2.16. The summed E-state index contributed by atoms with van der Waals surface area (Å²) in [6.07, 6.45) is 1.59. The number of imide groups is 1. The zero-order chi connectivity index (χ0) is 23.9. The van der Waals surface area contributed by atoms with Crippen molar-refractivity contribution >= 4 is 40.6 Å². The monoisotopic (exact) mass is 474 g/mol. The Labute approximate surface area is 201 Å². The number of thioether (sulfide) groups is 1.